The maximum absolute atomic E-state index is 5.67. The molecule has 2 rings (SSSR count). The first-order valence-electron chi connectivity index (χ1n) is 5.27. The fraction of sp³-hybridized carbons (Fsp3) is 0. The van der Waals surface area contributed by atoms with Gasteiger partial charge >= 0.3 is 0 Å². The van der Waals surface area contributed by atoms with Crippen molar-refractivity contribution in [1.29, 1.82) is 0 Å². The van der Waals surface area contributed by atoms with Gasteiger partial charge in [-0.25, -0.2) is 9.97 Å². The second kappa shape index (κ2) is 6.05. The number of hydrogen-bond acceptors (Lipinski definition) is 5. The minimum Gasteiger partial charge on any atom is -0.389 e. The zero-order valence-electron chi connectivity index (χ0n) is 9.74. The predicted molar refractivity (Wildman–Crippen MR) is 84.4 cm³/mol. The molecule has 2 aromatic heterocycles. The van der Waals surface area contributed by atoms with Crippen molar-refractivity contribution in [2.45, 2.75) is 10.1 Å². The normalized spacial score (nSPS) is 10.1. The number of hydrogen-bond donors (Lipinski definition) is 2. The fourth-order valence-corrected chi connectivity index (χ4v) is 2.86. The molecule has 4 N–H and O–H groups in total. The Morgan fingerprint density at radius 1 is 0.895 bits per heavy atom. The first kappa shape index (κ1) is 13.9. The van der Waals surface area contributed by atoms with Crippen molar-refractivity contribution in [1.82, 2.24) is 9.97 Å². The number of thiocarbonyl (C=S) groups is 2. The van der Waals surface area contributed by atoms with Crippen molar-refractivity contribution in [3.8, 4) is 0 Å². The lowest BCUT2D eigenvalue weighted by Gasteiger charge is -2.08. The van der Waals surface area contributed by atoms with E-state index in [1.165, 1.54) is 11.8 Å². The van der Waals surface area contributed by atoms with E-state index < -0.39 is 0 Å². The zero-order chi connectivity index (χ0) is 13.8. The Balaban J connectivity index is 2.42. The van der Waals surface area contributed by atoms with E-state index >= 15 is 0 Å². The minimum absolute atomic E-state index is 0.295. The van der Waals surface area contributed by atoms with Gasteiger partial charge in [0.15, 0.2) is 0 Å². The predicted octanol–water partition coefficient (Wildman–Crippen LogP) is 1.90. The molecule has 0 bridgehead atoms. The van der Waals surface area contributed by atoms with Crippen LogP contribution in [0.4, 0.5) is 0 Å². The SMILES string of the molecule is NC(=S)c1cccnc1Sc1ncccc1C(N)=S. The molecule has 0 unspecified atom stereocenters. The molecule has 19 heavy (non-hydrogen) atoms. The second-order valence-corrected chi connectivity index (χ2v) is 5.40. The third-order valence-corrected chi connectivity index (χ3v) is 3.74. The Morgan fingerprint density at radius 2 is 1.32 bits per heavy atom. The van der Waals surface area contributed by atoms with E-state index in [9.17, 15) is 0 Å². The van der Waals surface area contributed by atoms with Crippen molar-refractivity contribution in [3.63, 3.8) is 0 Å². The summed E-state index contributed by atoms with van der Waals surface area (Å²) >= 11 is 11.3. The highest BCUT2D eigenvalue weighted by Gasteiger charge is 2.12. The van der Waals surface area contributed by atoms with Crippen LogP contribution in [0.3, 0.4) is 0 Å². The van der Waals surface area contributed by atoms with E-state index in [4.69, 9.17) is 35.9 Å². The Labute approximate surface area is 125 Å². The highest BCUT2D eigenvalue weighted by molar-refractivity contribution is 7.99. The standard InChI is InChI=1S/C12H10N4S3/c13-9(17)7-3-1-5-15-11(7)19-12-8(10(14)18)4-2-6-16-12/h1-6H,(H2,13,17)(H2,14,18). The Bertz CT molecular complexity index is 587. The van der Waals surface area contributed by atoms with Crippen molar-refractivity contribution in [2.75, 3.05) is 0 Å². The molecule has 4 nitrogen and oxygen atoms in total. The Kier molecular flexibility index (Phi) is 4.41. The van der Waals surface area contributed by atoms with Crippen LogP contribution in [0.5, 0.6) is 0 Å². The first-order valence-corrected chi connectivity index (χ1v) is 6.90. The monoisotopic (exact) mass is 306 g/mol. The maximum atomic E-state index is 5.67. The molecule has 0 spiro atoms. The molecule has 0 aliphatic rings. The summed E-state index contributed by atoms with van der Waals surface area (Å²) < 4.78 is 0. The first-order chi connectivity index (χ1) is 9.09. The quantitative estimate of drug-likeness (QED) is 0.835. The Hall–Kier alpha value is -1.57. The summed E-state index contributed by atoms with van der Waals surface area (Å²) in [7, 11) is 0. The summed E-state index contributed by atoms with van der Waals surface area (Å²) in [4.78, 5) is 9.12. The summed E-state index contributed by atoms with van der Waals surface area (Å²) in [6, 6.07) is 7.21. The van der Waals surface area contributed by atoms with Gasteiger partial charge in [-0.2, -0.15) is 0 Å². The molecule has 0 aliphatic carbocycles. The van der Waals surface area contributed by atoms with Gasteiger partial charge in [0.25, 0.3) is 0 Å². The topological polar surface area (TPSA) is 77.8 Å². The van der Waals surface area contributed by atoms with E-state index in [1.807, 2.05) is 12.1 Å². The maximum Gasteiger partial charge on any atom is 0.112 e. The number of nitrogens with two attached hydrogens (primary N) is 2. The molecule has 7 heteroatoms. The van der Waals surface area contributed by atoms with Crippen LogP contribution in [0.2, 0.25) is 0 Å². The van der Waals surface area contributed by atoms with Crippen molar-refractivity contribution in [2.24, 2.45) is 11.5 Å². The fourth-order valence-electron chi connectivity index (χ4n) is 1.41. The third kappa shape index (κ3) is 3.25. The molecule has 2 aromatic rings. The molecule has 0 atom stereocenters. The molecule has 0 saturated heterocycles. The summed E-state index contributed by atoms with van der Waals surface area (Å²) in [5.41, 5.74) is 12.8. The molecule has 0 aliphatic heterocycles. The molecular weight excluding hydrogens is 296 g/mol. The van der Waals surface area contributed by atoms with Crippen molar-refractivity contribution >= 4 is 46.2 Å². The van der Waals surface area contributed by atoms with Crippen LogP contribution >= 0.6 is 36.2 Å². The third-order valence-electron chi connectivity index (χ3n) is 2.27. The van der Waals surface area contributed by atoms with Gasteiger partial charge in [0.05, 0.1) is 0 Å². The average Bonchev–Trinajstić information content (AvgIpc) is 2.39. The summed E-state index contributed by atoms with van der Waals surface area (Å²) in [5, 5.41) is 1.37. The smallest absolute Gasteiger partial charge is 0.112 e. The summed E-state index contributed by atoms with van der Waals surface area (Å²) in [6.45, 7) is 0. The van der Waals surface area contributed by atoms with Gasteiger partial charge in [0, 0.05) is 23.5 Å². The van der Waals surface area contributed by atoms with Crippen LogP contribution in [-0.2, 0) is 0 Å². The van der Waals surface area contributed by atoms with E-state index in [1.54, 1.807) is 24.5 Å². The largest absolute Gasteiger partial charge is 0.389 e. The molecule has 0 fully saturated rings. The van der Waals surface area contributed by atoms with Crippen molar-refractivity contribution < 1.29 is 0 Å². The van der Waals surface area contributed by atoms with Gasteiger partial charge in [-0.05, 0) is 36.0 Å². The molecule has 96 valence electrons. The number of aromatic nitrogens is 2. The lowest BCUT2D eigenvalue weighted by atomic mass is 10.3. The minimum atomic E-state index is 0.295. The summed E-state index contributed by atoms with van der Waals surface area (Å²) in [6.07, 6.45) is 3.35. The van der Waals surface area contributed by atoms with Crippen molar-refractivity contribution in [3.05, 3.63) is 47.8 Å². The molecular formula is C12H10N4S3. The second-order valence-electron chi connectivity index (χ2n) is 3.54. The van der Waals surface area contributed by atoms with Gasteiger partial charge in [-0.1, -0.05) is 24.4 Å². The molecule has 0 saturated carbocycles. The van der Waals surface area contributed by atoms with Crippen LogP contribution in [0.25, 0.3) is 0 Å². The molecule has 2 heterocycles. The van der Waals surface area contributed by atoms with Gasteiger partial charge in [-0.15, -0.1) is 0 Å². The number of pyridine rings is 2. The lowest BCUT2D eigenvalue weighted by molar-refractivity contribution is 1.08. The average molecular weight is 306 g/mol. The van der Waals surface area contributed by atoms with Crippen LogP contribution in [0.15, 0.2) is 46.7 Å². The molecule has 0 amide bonds. The van der Waals surface area contributed by atoms with Gasteiger partial charge in [0.1, 0.15) is 20.0 Å². The Morgan fingerprint density at radius 3 is 1.68 bits per heavy atom. The van der Waals surface area contributed by atoms with E-state index in [2.05, 4.69) is 9.97 Å². The summed E-state index contributed by atoms with van der Waals surface area (Å²) in [5.74, 6) is 0. The van der Waals surface area contributed by atoms with Crippen LogP contribution < -0.4 is 11.5 Å². The number of nitrogens with zero attached hydrogens (tertiary/aromatic N) is 2. The number of rotatable bonds is 4. The highest BCUT2D eigenvalue weighted by atomic mass is 32.2. The molecule has 0 radical (unpaired) electrons. The lowest BCUT2D eigenvalue weighted by Crippen LogP contribution is -2.13. The van der Waals surface area contributed by atoms with Crippen LogP contribution in [0, 0.1) is 0 Å². The van der Waals surface area contributed by atoms with Gasteiger partial charge in [0.2, 0.25) is 0 Å². The van der Waals surface area contributed by atoms with Gasteiger partial charge < -0.3 is 11.5 Å². The van der Waals surface area contributed by atoms with Gasteiger partial charge in [-0.3, -0.25) is 0 Å². The van der Waals surface area contributed by atoms with Crippen LogP contribution in [0.1, 0.15) is 11.1 Å². The molecule has 0 aromatic carbocycles. The van der Waals surface area contributed by atoms with E-state index in [0.29, 0.717) is 31.2 Å². The highest BCUT2D eigenvalue weighted by Crippen LogP contribution is 2.29. The van der Waals surface area contributed by atoms with E-state index in [0.717, 1.165) is 0 Å². The zero-order valence-corrected chi connectivity index (χ0v) is 12.2. The van der Waals surface area contributed by atoms with E-state index in [-0.39, 0.29) is 0 Å². The van der Waals surface area contributed by atoms with Crippen LogP contribution in [-0.4, -0.2) is 19.9 Å².